The van der Waals surface area contributed by atoms with Crippen LogP contribution in [0, 0.1) is 20.8 Å². The fourth-order valence-electron chi connectivity index (χ4n) is 3.07. The Labute approximate surface area is 161 Å². The van der Waals surface area contributed by atoms with Crippen LogP contribution >= 0.6 is 0 Å². The molecule has 6 nitrogen and oxygen atoms in total. The Morgan fingerprint density at radius 3 is 2.04 bits per heavy atom. The summed E-state index contributed by atoms with van der Waals surface area (Å²) in [5, 5.41) is 10.4. The van der Waals surface area contributed by atoms with Gasteiger partial charge in [0, 0.05) is 0 Å². The second kappa shape index (κ2) is 8.63. The van der Waals surface area contributed by atoms with Crippen molar-refractivity contribution in [3.8, 4) is 11.5 Å². The van der Waals surface area contributed by atoms with Crippen LogP contribution in [0.25, 0.3) is 0 Å². The number of methoxy groups -OCH3 is 1. The Hall–Kier alpha value is -2.25. The molecule has 148 valence electrons. The lowest BCUT2D eigenvalue weighted by molar-refractivity contribution is 0.115. The Morgan fingerprint density at radius 2 is 1.56 bits per heavy atom. The molecule has 2 aromatic rings. The molecule has 7 heteroatoms. The average molecular weight is 394 g/mol. The molecule has 0 aromatic heterocycles. The molecule has 0 bridgehead atoms. The average Bonchev–Trinajstić information content (AvgIpc) is 2.58. The highest BCUT2D eigenvalue weighted by Gasteiger charge is 2.24. The molecule has 1 N–H and O–H groups in total. The summed E-state index contributed by atoms with van der Waals surface area (Å²) < 4.78 is 36.6. The van der Waals surface area contributed by atoms with Crippen molar-refractivity contribution in [3.05, 3.63) is 53.1 Å². The minimum atomic E-state index is -3.56. The fourth-order valence-corrected chi connectivity index (χ4v) is 4.13. The van der Waals surface area contributed by atoms with Gasteiger partial charge in [0.15, 0.2) is 0 Å². The SMILES string of the molecule is COc1ccc(OC[C@H](O)CN(c2c(C)cc(C)cc2C)S(C)(=O)=O)cc1. The van der Waals surface area contributed by atoms with Crippen LogP contribution in [0.2, 0.25) is 0 Å². The number of hydrogen-bond acceptors (Lipinski definition) is 5. The fraction of sp³-hybridized carbons (Fsp3) is 0.400. The third-order valence-corrected chi connectivity index (χ3v) is 5.30. The molecule has 0 aliphatic rings. The molecule has 1 atom stereocenters. The topological polar surface area (TPSA) is 76.1 Å². The Bertz CT molecular complexity index is 855. The maximum atomic E-state index is 12.4. The third-order valence-electron chi connectivity index (χ3n) is 4.16. The summed E-state index contributed by atoms with van der Waals surface area (Å²) in [5.41, 5.74) is 3.36. The number of nitrogens with zero attached hydrogens (tertiary/aromatic N) is 1. The molecule has 0 radical (unpaired) electrons. The number of benzene rings is 2. The maximum absolute atomic E-state index is 12.4. The van der Waals surface area contributed by atoms with Crippen molar-refractivity contribution >= 4 is 15.7 Å². The van der Waals surface area contributed by atoms with Gasteiger partial charge in [0.1, 0.15) is 24.2 Å². The highest BCUT2D eigenvalue weighted by atomic mass is 32.2. The van der Waals surface area contributed by atoms with Gasteiger partial charge in [0.2, 0.25) is 10.0 Å². The van der Waals surface area contributed by atoms with E-state index in [0.717, 1.165) is 22.9 Å². The van der Waals surface area contributed by atoms with Gasteiger partial charge in [-0.15, -0.1) is 0 Å². The van der Waals surface area contributed by atoms with Gasteiger partial charge in [-0.1, -0.05) is 17.7 Å². The molecule has 2 rings (SSSR count). The van der Waals surface area contributed by atoms with Crippen LogP contribution in [0.3, 0.4) is 0 Å². The molecule has 27 heavy (non-hydrogen) atoms. The number of anilines is 1. The van der Waals surface area contributed by atoms with Gasteiger partial charge in [0.05, 0.1) is 25.6 Å². The lowest BCUT2D eigenvalue weighted by Gasteiger charge is -2.28. The Morgan fingerprint density at radius 1 is 1.04 bits per heavy atom. The van der Waals surface area contributed by atoms with E-state index in [9.17, 15) is 13.5 Å². The van der Waals surface area contributed by atoms with Gasteiger partial charge < -0.3 is 14.6 Å². The van der Waals surface area contributed by atoms with Crippen LogP contribution in [-0.2, 0) is 10.0 Å². The van der Waals surface area contributed by atoms with E-state index in [4.69, 9.17) is 9.47 Å². The number of sulfonamides is 1. The zero-order chi connectivity index (χ0) is 20.2. The molecular formula is C20H27NO5S. The van der Waals surface area contributed by atoms with Gasteiger partial charge in [-0.3, -0.25) is 4.31 Å². The highest BCUT2D eigenvalue weighted by Crippen LogP contribution is 2.28. The van der Waals surface area contributed by atoms with Gasteiger partial charge in [-0.05, 0) is 56.2 Å². The summed E-state index contributed by atoms with van der Waals surface area (Å²) in [5.74, 6) is 1.28. The first-order chi connectivity index (χ1) is 12.6. The number of aliphatic hydroxyl groups excluding tert-OH is 1. The number of aliphatic hydroxyl groups is 1. The van der Waals surface area contributed by atoms with Crippen molar-refractivity contribution in [3.63, 3.8) is 0 Å². The predicted octanol–water partition coefficient (Wildman–Crippen LogP) is 2.83. The minimum absolute atomic E-state index is 0.0255. The smallest absolute Gasteiger partial charge is 0.232 e. The molecule has 0 unspecified atom stereocenters. The number of rotatable bonds is 8. The minimum Gasteiger partial charge on any atom is -0.497 e. The Balaban J connectivity index is 2.14. The van der Waals surface area contributed by atoms with Crippen LogP contribution in [0.4, 0.5) is 5.69 Å². The van der Waals surface area contributed by atoms with Crippen molar-refractivity contribution < 1.29 is 23.0 Å². The summed E-state index contributed by atoms with van der Waals surface area (Å²) in [6, 6.07) is 10.8. The molecule has 0 aliphatic carbocycles. The van der Waals surface area contributed by atoms with Crippen LogP contribution in [0.5, 0.6) is 11.5 Å². The van der Waals surface area contributed by atoms with Crippen molar-refractivity contribution in [2.24, 2.45) is 0 Å². The number of ether oxygens (including phenoxy) is 2. The summed E-state index contributed by atoms with van der Waals surface area (Å²) in [4.78, 5) is 0. The first-order valence-electron chi connectivity index (χ1n) is 8.62. The highest BCUT2D eigenvalue weighted by molar-refractivity contribution is 7.92. The quantitative estimate of drug-likeness (QED) is 0.746. The van der Waals surface area contributed by atoms with Crippen LogP contribution in [0.1, 0.15) is 16.7 Å². The van der Waals surface area contributed by atoms with Gasteiger partial charge in [0.25, 0.3) is 0 Å². The van der Waals surface area contributed by atoms with E-state index in [2.05, 4.69) is 0 Å². The largest absolute Gasteiger partial charge is 0.497 e. The van der Waals surface area contributed by atoms with Crippen molar-refractivity contribution in [1.29, 1.82) is 0 Å². The van der Waals surface area contributed by atoms with Crippen LogP contribution in [-0.4, -0.2) is 46.1 Å². The lowest BCUT2D eigenvalue weighted by Crippen LogP contribution is -2.40. The molecule has 0 heterocycles. The zero-order valence-electron chi connectivity index (χ0n) is 16.4. The first-order valence-corrected chi connectivity index (χ1v) is 10.5. The molecule has 0 amide bonds. The van der Waals surface area contributed by atoms with E-state index in [1.54, 1.807) is 31.4 Å². The molecule has 0 saturated carbocycles. The van der Waals surface area contributed by atoms with E-state index in [1.807, 2.05) is 32.9 Å². The number of hydrogen-bond donors (Lipinski definition) is 1. The van der Waals surface area contributed by atoms with Gasteiger partial charge in [-0.2, -0.15) is 0 Å². The van der Waals surface area contributed by atoms with E-state index in [-0.39, 0.29) is 13.2 Å². The molecule has 2 aromatic carbocycles. The second-order valence-electron chi connectivity index (χ2n) is 6.68. The number of aryl methyl sites for hydroxylation is 3. The summed E-state index contributed by atoms with van der Waals surface area (Å²) >= 11 is 0. The predicted molar refractivity (Wildman–Crippen MR) is 107 cm³/mol. The summed E-state index contributed by atoms with van der Waals surface area (Å²) in [6.07, 6.45) is 0.157. The van der Waals surface area contributed by atoms with E-state index < -0.39 is 16.1 Å². The van der Waals surface area contributed by atoms with Gasteiger partial charge in [-0.25, -0.2) is 8.42 Å². The van der Waals surface area contributed by atoms with E-state index >= 15 is 0 Å². The maximum Gasteiger partial charge on any atom is 0.232 e. The normalized spacial score (nSPS) is 12.5. The second-order valence-corrected chi connectivity index (χ2v) is 8.59. The summed E-state index contributed by atoms with van der Waals surface area (Å²) in [7, 11) is -1.98. The zero-order valence-corrected chi connectivity index (χ0v) is 17.2. The van der Waals surface area contributed by atoms with Crippen molar-refractivity contribution in [2.75, 3.05) is 30.8 Å². The molecule has 0 saturated heterocycles. The Kier molecular flexibility index (Phi) is 6.73. The van der Waals surface area contributed by atoms with Crippen LogP contribution in [0.15, 0.2) is 36.4 Å². The molecular weight excluding hydrogens is 366 g/mol. The molecule has 0 aliphatic heterocycles. The third kappa shape index (κ3) is 5.61. The standard InChI is InChI=1S/C20H27NO5S/c1-14-10-15(2)20(16(3)11-14)21(27(5,23)24)12-17(22)13-26-19-8-6-18(25-4)7-9-19/h6-11,17,22H,12-13H2,1-5H3/t17-/m1/s1. The lowest BCUT2D eigenvalue weighted by atomic mass is 10.0. The van der Waals surface area contributed by atoms with E-state index in [0.29, 0.717) is 17.2 Å². The van der Waals surface area contributed by atoms with Crippen LogP contribution < -0.4 is 13.8 Å². The summed E-state index contributed by atoms with van der Waals surface area (Å²) in [6.45, 7) is 5.59. The van der Waals surface area contributed by atoms with Crippen molar-refractivity contribution in [2.45, 2.75) is 26.9 Å². The van der Waals surface area contributed by atoms with Gasteiger partial charge >= 0.3 is 0 Å². The van der Waals surface area contributed by atoms with Crippen molar-refractivity contribution in [1.82, 2.24) is 0 Å². The van der Waals surface area contributed by atoms with E-state index in [1.165, 1.54) is 4.31 Å². The first kappa shape index (κ1) is 21.1. The monoisotopic (exact) mass is 393 g/mol. The molecule has 0 fully saturated rings. The molecule has 0 spiro atoms.